The van der Waals surface area contributed by atoms with E-state index in [1.54, 1.807) is 41.7 Å². The van der Waals surface area contributed by atoms with E-state index >= 15 is 0 Å². The highest BCUT2D eigenvalue weighted by atomic mass is 32.1. The van der Waals surface area contributed by atoms with E-state index < -0.39 is 11.9 Å². The zero-order valence-electron chi connectivity index (χ0n) is 16.7. The molecule has 2 heterocycles. The highest BCUT2D eigenvalue weighted by molar-refractivity contribution is 7.09. The summed E-state index contributed by atoms with van der Waals surface area (Å²) in [4.78, 5) is 25.8. The molecule has 0 atom stereocenters. The number of hydrogen-bond donors (Lipinski definition) is 1. The van der Waals surface area contributed by atoms with Gasteiger partial charge in [0.25, 0.3) is 5.91 Å². The molecule has 0 aliphatic rings. The number of ether oxygens (including phenoxy) is 2. The van der Waals surface area contributed by atoms with Crippen LogP contribution < -0.4 is 10.1 Å². The van der Waals surface area contributed by atoms with Crippen LogP contribution in [0.5, 0.6) is 5.75 Å². The van der Waals surface area contributed by atoms with E-state index in [9.17, 15) is 9.59 Å². The molecule has 7 heteroatoms. The number of anilines is 1. The average Bonchev–Trinajstić information content (AvgIpc) is 3.32. The van der Waals surface area contributed by atoms with Gasteiger partial charge in [0.15, 0.2) is 6.61 Å². The second-order valence-electron chi connectivity index (χ2n) is 6.53. The summed E-state index contributed by atoms with van der Waals surface area (Å²) >= 11 is 1.67. The molecule has 0 spiro atoms. The van der Waals surface area contributed by atoms with Crippen LogP contribution in [-0.2, 0) is 16.1 Å². The number of carbonyl (C=O) groups is 2. The lowest BCUT2D eigenvalue weighted by Crippen LogP contribution is -2.21. The number of carbonyl (C=O) groups excluding carboxylic acids is 2. The lowest BCUT2D eigenvalue weighted by atomic mass is 10.2. The number of rotatable bonds is 8. The molecule has 2 aromatic heterocycles. The Balaban J connectivity index is 1.57. The number of aromatic nitrogens is 1. The van der Waals surface area contributed by atoms with Gasteiger partial charge in [0, 0.05) is 22.0 Å². The van der Waals surface area contributed by atoms with Crippen molar-refractivity contribution in [1.29, 1.82) is 0 Å². The van der Waals surface area contributed by atoms with E-state index in [1.165, 1.54) is 4.88 Å². The lowest BCUT2D eigenvalue weighted by Gasteiger charge is -2.09. The first-order chi connectivity index (χ1) is 14.0. The summed E-state index contributed by atoms with van der Waals surface area (Å²) in [5, 5.41) is 4.73. The number of benzene rings is 1. The number of hydrogen-bond acceptors (Lipinski definition) is 5. The van der Waals surface area contributed by atoms with E-state index in [0.29, 0.717) is 24.4 Å². The largest absolute Gasteiger partial charge is 0.494 e. The number of aryl methyl sites for hydroxylation is 1. The molecule has 0 aliphatic heterocycles. The molecule has 1 N–H and O–H groups in total. The van der Waals surface area contributed by atoms with Gasteiger partial charge in [-0.3, -0.25) is 4.79 Å². The van der Waals surface area contributed by atoms with Gasteiger partial charge in [0.2, 0.25) is 0 Å². The second kappa shape index (κ2) is 9.43. The molecule has 0 aliphatic carbocycles. The molecule has 1 aromatic carbocycles. The third kappa shape index (κ3) is 5.26. The minimum Gasteiger partial charge on any atom is -0.494 e. The number of amides is 1. The van der Waals surface area contributed by atoms with Gasteiger partial charge in [-0.25, -0.2) is 4.79 Å². The topological polar surface area (TPSA) is 69.6 Å². The predicted octanol–water partition coefficient (Wildman–Crippen LogP) is 4.41. The summed E-state index contributed by atoms with van der Waals surface area (Å²) in [6.07, 6.45) is 0. The molecule has 29 heavy (non-hydrogen) atoms. The van der Waals surface area contributed by atoms with E-state index in [4.69, 9.17) is 9.47 Å². The Bertz CT molecular complexity index is 975. The molecule has 3 aromatic rings. The van der Waals surface area contributed by atoms with Crippen molar-refractivity contribution < 1.29 is 19.1 Å². The molecule has 152 valence electrons. The van der Waals surface area contributed by atoms with Crippen LogP contribution in [0.15, 0.2) is 47.8 Å². The first-order valence-corrected chi connectivity index (χ1v) is 10.2. The highest BCUT2D eigenvalue weighted by Crippen LogP contribution is 2.20. The van der Waals surface area contributed by atoms with Crippen molar-refractivity contribution in [2.45, 2.75) is 27.3 Å². The molecule has 6 nitrogen and oxygen atoms in total. The van der Waals surface area contributed by atoms with Gasteiger partial charge in [-0.1, -0.05) is 6.07 Å². The SMILES string of the molecule is CCOc1ccc(NC(=O)COC(=O)c2cc(C)n(Cc3cccs3)c2C)cc1. The van der Waals surface area contributed by atoms with Crippen molar-refractivity contribution in [3.8, 4) is 5.75 Å². The molecule has 1 amide bonds. The van der Waals surface area contributed by atoms with Gasteiger partial charge < -0.3 is 19.4 Å². The molecular formula is C22H24N2O4S. The van der Waals surface area contributed by atoms with Crippen LogP contribution in [0.2, 0.25) is 0 Å². The molecule has 0 fully saturated rings. The number of thiophene rings is 1. The van der Waals surface area contributed by atoms with Crippen molar-refractivity contribution in [1.82, 2.24) is 4.57 Å². The van der Waals surface area contributed by atoms with Gasteiger partial charge in [-0.05, 0) is 62.5 Å². The Labute approximate surface area is 174 Å². The van der Waals surface area contributed by atoms with Gasteiger partial charge in [-0.15, -0.1) is 11.3 Å². The first-order valence-electron chi connectivity index (χ1n) is 9.37. The van der Waals surface area contributed by atoms with Crippen LogP contribution in [0.3, 0.4) is 0 Å². The van der Waals surface area contributed by atoms with Crippen LogP contribution in [0, 0.1) is 13.8 Å². The summed E-state index contributed by atoms with van der Waals surface area (Å²) in [5.74, 6) is -0.165. The summed E-state index contributed by atoms with van der Waals surface area (Å²) in [7, 11) is 0. The summed E-state index contributed by atoms with van der Waals surface area (Å²) in [5.41, 5.74) is 2.89. The minimum atomic E-state index is -0.502. The molecule has 0 saturated heterocycles. The lowest BCUT2D eigenvalue weighted by molar-refractivity contribution is -0.119. The Morgan fingerprint density at radius 3 is 2.55 bits per heavy atom. The van der Waals surface area contributed by atoms with Crippen molar-refractivity contribution >= 4 is 28.9 Å². The number of esters is 1. The van der Waals surface area contributed by atoms with Crippen molar-refractivity contribution in [3.05, 3.63) is 69.7 Å². The second-order valence-corrected chi connectivity index (χ2v) is 7.56. The third-order valence-electron chi connectivity index (χ3n) is 4.47. The third-order valence-corrected chi connectivity index (χ3v) is 5.33. The number of nitrogens with one attached hydrogen (secondary N) is 1. The minimum absolute atomic E-state index is 0.347. The van der Waals surface area contributed by atoms with Gasteiger partial charge in [-0.2, -0.15) is 0 Å². The van der Waals surface area contributed by atoms with Gasteiger partial charge in [0.05, 0.1) is 18.7 Å². The molecule has 0 unspecified atom stereocenters. The van der Waals surface area contributed by atoms with Crippen molar-refractivity contribution in [3.63, 3.8) is 0 Å². The molecular weight excluding hydrogens is 388 g/mol. The summed E-state index contributed by atoms with van der Waals surface area (Å²) in [6, 6.07) is 12.9. The fourth-order valence-corrected chi connectivity index (χ4v) is 3.71. The Kier molecular flexibility index (Phi) is 6.72. The average molecular weight is 413 g/mol. The maximum Gasteiger partial charge on any atom is 0.340 e. The van der Waals surface area contributed by atoms with Crippen LogP contribution in [-0.4, -0.2) is 29.7 Å². The smallest absolute Gasteiger partial charge is 0.340 e. The maximum atomic E-state index is 12.5. The Hall–Kier alpha value is -3.06. The van der Waals surface area contributed by atoms with E-state index in [0.717, 1.165) is 17.1 Å². The Morgan fingerprint density at radius 2 is 1.90 bits per heavy atom. The summed E-state index contributed by atoms with van der Waals surface area (Å²) < 4.78 is 12.7. The van der Waals surface area contributed by atoms with E-state index in [1.807, 2.05) is 32.2 Å². The van der Waals surface area contributed by atoms with Crippen molar-refractivity contribution in [2.75, 3.05) is 18.5 Å². The van der Waals surface area contributed by atoms with Crippen LogP contribution in [0.25, 0.3) is 0 Å². The molecule has 3 rings (SSSR count). The fourth-order valence-electron chi connectivity index (χ4n) is 3.02. The number of nitrogens with zero attached hydrogens (tertiary/aromatic N) is 1. The van der Waals surface area contributed by atoms with Crippen LogP contribution in [0.1, 0.15) is 33.5 Å². The van der Waals surface area contributed by atoms with Crippen LogP contribution >= 0.6 is 11.3 Å². The zero-order chi connectivity index (χ0) is 20.8. The quantitative estimate of drug-likeness (QED) is 0.557. The summed E-state index contributed by atoms with van der Waals surface area (Å²) in [6.45, 7) is 6.69. The monoisotopic (exact) mass is 412 g/mol. The first kappa shape index (κ1) is 20.7. The zero-order valence-corrected chi connectivity index (χ0v) is 17.5. The van der Waals surface area contributed by atoms with Crippen molar-refractivity contribution in [2.24, 2.45) is 0 Å². The highest BCUT2D eigenvalue weighted by Gasteiger charge is 2.18. The normalized spacial score (nSPS) is 10.6. The maximum absolute atomic E-state index is 12.5. The fraction of sp³-hybridized carbons (Fsp3) is 0.273. The molecule has 0 radical (unpaired) electrons. The molecule has 0 saturated carbocycles. The predicted molar refractivity (Wildman–Crippen MR) is 114 cm³/mol. The van der Waals surface area contributed by atoms with E-state index in [-0.39, 0.29) is 6.61 Å². The van der Waals surface area contributed by atoms with Gasteiger partial charge >= 0.3 is 5.97 Å². The van der Waals surface area contributed by atoms with Gasteiger partial charge in [0.1, 0.15) is 5.75 Å². The van der Waals surface area contributed by atoms with Crippen LogP contribution in [0.4, 0.5) is 5.69 Å². The Morgan fingerprint density at radius 1 is 1.14 bits per heavy atom. The standard InChI is InChI=1S/C22H24N2O4S/c1-4-27-18-9-7-17(8-10-18)23-21(25)14-28-22(26)20-12-15(2)24(16(20)3)13-19-6-5-11-29-19/h5-12H,4,13-14H2,1-3H3,(H,23,25). The van der Waals surface area contributed by atoms with E-state index in [2.05, 4.69) is 16.0 Å². The molecule has 0 bridgehead atoms.